The summed E-state index contributed by atoms with van der Waals surface area (Å²) < 4.78 is 2.14. The molecule has 7 rings (SSSR count). The van der Waals surface area contributed by atoms with E-state index >= 15 is 0 Å². The highest BCUT2D eigenvalue weighted by Gasteiger charge is 2.51. The minimum atomic E-state index is 0.127. The first kappa shape index (κ1) is 28.1. The van der Waals surface area contributed by atoms with Gasteiger partial charge in [0.25, 0.3) is 0 Å². The Morgan fingerprint density at radius 2 is 1.23 bits per heavy atom. The molecule has 5 saturated carbocycles. The molecule has 6 nitrogen and oxygen atoms in total. The van der Waals surface area contributed by atoms with E-state index in [1.54, 1.807) is 0 Å². The maximum Gasteiger partial charge on any atom is 0.216 e. The largest absolute Gasteiger partial charge is 0.352 e. The summed E-state index contributed by atoms with van der Waals surface area (Å²) in [6, 6.07) is 12.9. The molecule has 0 atom stereocenters. The number of aryl methyl sites for hydroxylation is 2. The Morgan fingerprint density at radius 3 is 1.75 bits per heavy atom. The fraction of sp³-hybridized carbons (Fsp3) is 0.562. The lowest BCUT2D eigenvalue weighted by Gasteiger charge is -2.57. The van der Waals surface area contributed by atoms with Crippen LogP contribution >= 0.6 is 31.9 Å². The SMILES string of the molecule is Cc1cc(Br)ccc1N=C(NNC(=Nc1ccc(Br)cc1C)NC12CC3CC(CC(C3)C1)C2)NC1CCCCC1. The number of halogens is 2. The quantitative estimate of drug-likeness (QED) is 0.151. The smallest absolute Gasteiger partial charge is 0.216 e. The van der Waals surface area contributed by atoms with Crippen LogP contribution in [0.4, 0.5) is 11.4 Å². The monoisotopic (exact) mass is 668 g/mol. The number of nitrogens with zero attached hydrogens (tertiary/aromatic N) is 2. The van der Waals surface area contributed by atoms with E-state index in [2.05, 4.69) is 104 Å². The van der Waals surface area contributed by atoms with Gasteiger partial charge in [-0.05, 0) is 130 Å². The summed E-state index contributed by atoms with van der Waals surface area (Å²) in [5, 5.41) is 7.69. The van der Waals surface area contributed by atoms with Crippen molar-refractivity contribution >= 4 is 55.2 Å². The van der Waals surface area contributed by atoms with E-state index in [1.807, 2.05) is 0 Å². The molecule has 0 aromatic heterocycles. The third-order valence-corrected chi connectivity index (χ3v) is 10.4. The molecular weight excluding hydrogens is 628 g/mol. The molecule has 2 aromatic carbocycles. The van der Waals surface area contributed by atoms with E-state index in [-0.39, 0.29) is 5.54 Å². The topological polar surface area (TPSA) is 72.8 Å². The number of nitrogens with one attached hydrogen (secondary N) is 4. The zero-order valence-electron chi connectivity index (χ0n) is 23.7. The first-order valence-corrected chi connectivity index (χ1v) is 16.7. The van der Waals surface area contributed by atoms with Crippen LogP contribution < -0.4 is 21.5 Å². The zero-order chi connectivity index (χ0) is 27.7. The van der Waals surface area contributed by atoms with E-state index < -0.39 is 0 Å². The zero-order valence-corrected chi connectivity index (χ0v) is 26.9. The first-order chi connectivity index (χ1) is 19.3. The highest BCUT2D eigenvalue weighted by Crippen LogP contribution is 2.55. The molecule has 2 aromatic rings. The second kappa shape index (κ2) is 12.0. The third kappa shape index (κ3) is 6.70. The van der Waals surface area contributed by atoms with Gasteiger partial charge in [-0.1, -0.05) is 51.1 Å². The van der Waals surface area contributed by atoms with Gasteiger partial charge < -0.3 is 10.6 Å². The van der Waals surface area contributed by atoms with Gasteiger partial charge in [0.2, 0.25) is 11.9 Å². The van der Waals surface area contributed by atoms with Gasteiger partial charge in [0.05, 0.1) is 11.4 Å². The second-order valence-electron chi connectivity index (χ2n) is 12.8. The van der Waals surface area contributed by atoms with Crippen LogP contribution in [0.5, 0.6) is 0 Å². The Hall–Kier alpha value is -2.06. The Bertz CT molecular complexity index is 1250. The van der Waals surface area contributed by atoms with Crippen molar-refractivity contribution in [3.05, 3.63) is 56.5 Å². The van der Waals surface area contributed by atoms with Gasteiger partial charge in [0.15, 0.2) is 0 Å². The summed E-state index contributed by atoms with van der Waals surface area (Å²) in [7, 11) is 0. The number of hydrogen-bond acceptors (Lipinski definition) is 2. The minimum Gasteiger partial charge on any atom is -0.352 e. The summed E-state index contributed by atoms with van der Waals surface area (Å²) in [5.41, 5.74) is 11.3. The maximum atomic E-state index is 5.15. The molecule has 8 heteroatoms. The predicted octanol–water partition coefficient (Wildman–Crippen LogP) is 8.08. The Kier molecular flexibility index (Phi) is 8.45. The molecule has 0 spiro atoms. The van der Waals surface area contributed by atoms with Gasteiger partial charge in [0.1, 0.15) is 0 Å². The van der Waals surface area contributed by atoms with E-state index in [0.29, 0.717) is 6.04 Å². The van der Waals surface area contributed by atoms with Gasteiger partial charge in [-0.3, -0.25) is 10.9 Å². The molecule has 40 heavy (non-hydrogen) atoms. The molecule has 4 N–H and O–H groups in total. The summed E-state index contributed by atoms with van der Waals surface area (Å²) in [4.78, 5) is 10.2. The molecule has 0 amide bonds. The molecule has 0 radical (unpaired) electrons. The van der Waals surface area contributed by atoms with Crippen LogP contribution in [0.15, 0.2) is 55.3 Å². The number of benzene rings is 2. The van der Waals surface area contributed by atoms with Crippen LogP contribution in [0.25, 0.3) is 0 Å². The summed E-state index contributed by atoms with van der Waals surface area (Å²) in [6.45, 7) is 4.22. The highest BCUT2D eigenvalue weighted by atomic mass is 79.9. The molecule has 214 valence electrons. The highest BCUT2D eigenvalue weighted by molar-refractivity contribution is 9.10. The lowest BCUT2D eigenvalue weighted by molar-refractivity contribution is -0.0105. The van der Waals surface area contributed by atoms with Gasteiger partial charge in [0, 0.05) is 20.5 Å². The van der Waals surface area contributed by atoms with E-state index in [0.717, 1.165) is 61.1 Å². The fourth-order valence-corrected chi connectivity index (χ4v) is 8.94. The second-order valence-corrected chi connectivity index (χ2v) is 14.7. The number of guanidine groups is 2. The molecule has 0 unspecified atom stereocenters. The van der Waals surface area contributed by atoms with Crippen LogP contribution in [0, 0.1) is 31.6 Å². The number of hydrazine groups is 1. The molecular formula is C32H42Br2N6. The van der Waals surface area contributed by atoms with Crippen molar-refractivity contribution in [1.29, 1.82) is 0 Å². The minimum absolute atomic E-state index is 0.127. The van der Waals surface area contributed by atoms with Gasteiger partial charge >= 0.3 is 0 Å². The molecule has 0 heterocycles. The molecule has 5 fully saturated rings. The lowest BCUT2D eigenvalue weighted by Crippen LogP contribution is -2.64. The van der Waals surface area contributed by atoms with Gasteiger partial charge in [-0.25, -0.2) is 9.98 Å². The first-order valence-electron chi connectivity index (χ1n) is 15.1. The van der Waals surface area contributed by atoms with Crippen LogP contribution in [0.3, 0.4) is 0 Å². The van der Waals surface area contributed by atoms with Crippen molar-refractivity contribution in [3.63, 3.8) is 0 Å². The summed E-state index contributed by atoms with van der Waals surface area (Å²) >= 11 is 7.20. The molecule has 5 aliphatic carbocycles. The molecule has 0 aliphatic heterocycles. The lowest BCUT2D eigenvalue weighted by atomic mass is 9.53. The van der Waals surface area contributed by atoms with E-state index in [1.165, 1.54) is 70.6 Å². The Labute approximate surface area is 255 Å². The van der Waals surface area contributed by atoms with Gasteiger partial charge in [-0.15, -0.1) is 0 Å². The number of hydrogen-bond donors (Lipinski definition) is 4. The fourth-order valence-electron chi connectivity index (χ4n) is 7.99. The number of rotatable bonds is 4. The van der Waals surface area contributed by atoms with Crippen molar-refractivity contribution in [1.82, 2.24) is 21.5 Å². The normalized spacial score (nSPS) is 28.4. The molecule has 4 bridgehead atoms. The van der Waals surface area contributed by atoms with Crippen molar-refractivity contribution in [2.45, 2.75) is 96.1 Å². The standard InChI is InChI=1S/C32H42Br2N6/c1-20-12-25(33)8-10-28(20)36-30(35-27-6-4-3-5-7-27)39-40-31(37-29-11-9-26(34)13-21(29)2)38-32-17-22-14-23(18-32)16-24(15-22)19-32/h8-13,22-24,27H,3-7,14-19H2,1-2H3,(H2,35,36,39)(H2,37,38,40). The predicted molar refractivity (Wildman–Crippen MR) is 172 cm³/mol. The molecule has 5 aliphatic rings. The van der Waals surface area contributed by atoms with Crippen molar-refractivity contribution in [3.8, 4) is 0 Å². The Morgan fingerprint density at radius 1 is 0.725 bits per heavy atom. The summed E-state index contributed by atoms with van der Waals surface area (Å²) in [6.07, 6.45) is 14.2. The van der Waals surface area contributed by atoms with Crippen LogP contribution in [0.1, 0.15) is 81.8 Å². The van der Waals surface area contributed by atoms with Crippen molar-refractivity contribution < 1.29 is 0 Å². The Balaban J connectivity index is 1.28. The number of aliphatic imine (C=N–C) groups is 2. The van der Waals surface area contributed by atoms with Crippen LogP contribution in [0.2, 0.25) is 0 Å². The summed E-state index contributed by atoms with van der Waals surface area (Å²) in [5.74, 6) is 4.08. The average Bonchev–Trinajstić information content (AvgIpc) is 2.90. The van der Waals surface area contributed by atoms with Crippen LogP contribution in [-0.4, -0.2) is 23.5 Å². The van der Waals surface area contributed by atoms with E-state index in [4.69, 9.17) is 9.98 Å². The average molecular weight is 671 g/mol. The van der Waals surface area contributed by atoms with Gasteiger partial charge in [-0.2, -0.15) is 0 Å². The van der Waals surface area contributed by atoms with E-state index in [9.17, 15) is 0 Å². The van der Waals surface area contributed by atoms with Crippen molar-refractivity contribution in [2.75, 3.05) is 0 Å². The van der Waals surface area contributed by atoms with Crippen LogP contribution in [-0.2, 0) is 0 Å². The van der Waals surface area contributed by atoms with Crippen molar-refractivity contribution in [2.24, 2.45) is 27.7 Å². The maximum absolute atomic E-state index is 5.15. The molecule has 0 saturated heterocycles. The third-order valence-electron chi connectivity index (χ3n) is 9.45.